The van der Waals surface area contributed by atoms with Gasteiger partial charge in [0.2, 0.25) is 15.9 Å². The Kier molecular flexibility index (Phi) is 5.15. The first-order valence-electron chi connectivity index (χ1n) is 9.43. The Morgan fingerprint density at radius 2 is 1.90 bits per heavy atom. The molecule has 1 amide bonds. The number of methoxy groups -OCH3 is 1. The highest BCUT2D eigenvalue weighted by Gasteiger charge is 2.29. The number of hydrogen-bond donors (Lipinski definition) is 1. The third kappa shape index (κ3) is 3.91. The molecule has 150 valence electrons. The van der Waals surface area contributed by atoms with Crippen LogP contribution in [0.25, 0.3) is 10.8 Å². The molecule has 1 aliphatic heterocycles. The van der Waals surface area contributed by atoms with E-state index in [1.54, 1.807) is 18.2 Å². The van der Waals surface area contributed by atoms with Gasteiger partial charge >= 0.3 is 0 Å². The number of sulfonamides is 1. The van der Waals surface area contributed by atoms with E-state index in [2.05, 4.69) is 5.32 Å². The molecule has 1 saturated heterocycles. The summed E-state index contributed by atoms with van der Waals surface area (Å²) in [5.41, 5.74) is 1.92. The highest BCUT2D eigenvalue weighted by Crippen LogP contribution is 2.33. The van der Waals surface area contributed by atoms with Crippen molar-refractivity contribution in [3.8, 4) is 5.75 Å². The molecule has 0 unspecified atom stereocenters. The van der Waals surface area contributed by atoms with E-state index < -0.39 is 10.0 Å². The molecule has 0 spiro atoms. The fourth-order valence-corrected chi connectivity index (χ4v) is 5.25. The van der Waals surface area contributed by atoms with Crippen LogP contribution >= 0.6 is 0 Å². The average Bonchev–Trinajstić information content (AvgIpc) is 3.07. The quantitative estimate of drug-likeness (QED) is 0.698. The molecule has 1 heterocycles. The van der Waals surface area contributed by atoms with E-state index in [1.807, 2.05) is 42.5 Å². The zero-order valence-corrected chi connectivity index (χ0v) is 16.9. The number of carbonyl (C=O) groups excluding carboxylic acids is 1. The predicted octanol–water partition coefficient (Wildman–Crippen LogP) is 3.57. The first-order valence-corrected chi connectivity index (χ1v) is 11.0. The number of nitrogens with one attached hydrogen (secondary N) is 1. The largest absolute Gasteiger partial charge is 0.495 e. The van der Waals surface area contributed by atoms with Crippen LogP contribution in [0.1, 0.15) is 12.0 Å². The van der Waals surface area contributed by atoms with E-state index in [0.29, 0.717) is 30.1 Å². The zero-order chi connectivity index (χ0) is 20.4. The summed E-state index contributed by atoms with van der Waals surface area (Å²) in [5.74, 6) is 0.430. The number of hydrogen-bond acceptors (Lipinski definition) is 4. The van der Waals surface area contributed by atoms with Crippen LogP contribution in [0, 0.1) is 0 Å². The topological polar surface area (TPSA) is 75.7 Å². The molecule has 6 nitrogen and oxygen atoms in total. The lowest BCUT2D eigenvalue weighted by atomic mass is 10.0. The SMILES string of the molecule is COc1ccc(N2CCCS2(=O)=O)cc1NC(=O)Cc1cccc2ccccc12. The van der Waals surface area contributed by atoms with Crippen molar-refractivity contribution >= 4 is 38.1 Å². The maximum atomic E-state index is 12.8. The highest BCUT2D eigenvalue weighted by molar-refractivity contribution is 7.93. The van der Waals surface area contributed by atoms with E-state index in [-0.39, 0.29) is 18.1 Å². The molecule has 1 N–H and O–H groups in total. The van der Waals surface area contributed by atoms with Crippen molar-refractivity contribution in [2.75, 3.05) is 29.0 Å². The molecular formula is C22H22N2O4S. The van der Waals surface area contributed by atoms with Crippen molar-refractivity contribution in [3.05, 3.63) is 66.2 Å². The lowest BCUT2D eigenvalue weighted by Crippen LogP contribution is -2.25. The Bertz CT molecular complexity index is 1170. The van der Waals surface area contributed by atoms with Gasteiger partial charge in [-0.2, -0.15) is 0 Å². The maximum absolute atomic E-state index is 12.8. The first-order chi connectivity index (χ1) is 14.0. The molecule has 0 bridgehead atoms. The second-order valence-corrected chi connectivity index (χ2v) is 9.00. The minimum absolute atomic E-state index is 0.141. The van der Waals surface area contributed by atoms with E-state index in [0.717, 1.165) is 16.3 Å². The van der Waals surface area contributed by atoms with Gasteiger partial charge in [-0.15, -0.1) is 0 Å². The van der Waals surface area contributed by atoms with Crippen molar-refractivity contribution in [1.82, 2.24) is 0 Å². The van der Waals surface area contributed by atoms with Gasteiger partial charge in [-0.3, -0.25) is 9.10 Å². The van der Waals surface area contributed by atoms with Crippen LogP contribution in [-0.4, -0.2) is 33.7 Å². The van der Waals surface area contributed by atoms with E-state index in [1.165, 1.54) is 11.4 Å². The molecule has 0 aromatic heterocycles. The van der Waals surface area contributed by atoms with Gasteiger partial charge in [0, 0.05) is 6.54 Å². The molecule has 7 heteroatoms. The van der Waals surface area contributed by atoms with Gasteiger partial charge < -0.3 is 10.1 Å². The summed E-state index contributed by atoms with van der Waals surface area (Å²) in [5, 5.41) is 5.00. The second-order valence-electron chi connectivity index (χ2n) is 6.99. The molecule has 0 radical (unpaired) electrons. The summed E-state index contributed by atoms with van der Waals surface area (Å²) in [6.45, 7) is 0.443. The van der Waals surface area contributed by atoms with Crippen LogP contribution in [0.5, 0.6) is 5.75 Å². The van der Waals surface area contributed by atoms with Crippen LogP contribution in [0.4, 0.5) is 11.4 Å². The Morgan fingerprint density at radius 1 is 1.10 bits per heavy atom. The van der Waals surface area contributed by atoms with Crippen molar-refractivity contribution in [1.29, 1.82) is 0 Å². The summed E-state index contributed by atoms with van der Waals surface area (Å²) >= 11 is 0. The fraction of sp³-hybridized carbons (Fsp3) is 0.227. The number of anilines is 2. The van der Waals surface area contributed by atoms with Crippen LogP contribution in [-0.2, 0) is 21.2 Å². The molecule has 29 heavy (non-hydrogen) atoms. The van der Waals surface area contributed by atoms with Gasteiger partial charge in [0.25, 0.3) is 0 Å². The molecule has 4 rings (SSSR count). The van der Waals surface area contributed by atoms with Gasteiger partial charge in [-0.1, -0.05) is 42.5 Å². The minimum Gasteiger partial charge on any atom is -0.495 e. The van der Waals surface area contributed by atoms with Gasteiger partial charge in [-0.25, -0.2) is 8.42 Å². The van der Waals surface area contributed by atoms with Crippen LogP contribution in [0.15, 0.2) is 60.7 Å². The number of ether oxygens (including phenoxy) is 1. The van der Waals surface area contributed by atoms with Crippen LogP contribution in [0.3, 0.4) is 0 Å². The van der Waals surface area contributed by atoms with E-state index >= 15 is 0 Å². The van der Waals surface area contributed by atoms with Crippen molar-refractivity contribution in [2.45, 2.75) is 12.8 Å². The average molecular weight is 410 g/mol. The Hall–Kier alpha value is -3.06. The Balaban J connectivity index is 1.59. The van der Waals surface area contributed by atoms with Gasteiger partial charge in [0.1, 0.15) is 5.75 Å². The predicted molar refractivity (Wildman–Crippen MR) is 115 cm³/mol. The molecule has 3 aromatic carbocycles. The number of rotatable bonds is 5. The van der Waals surface area contributed by atoms with Crippen molar-refractivity contribution in [2.24, 2.45) is 0 Å². The number of nitrogens with zero attached hydrogens (tertiary/aromatic N) is 1. The summed E-state index contributed by atoms with van der Waals surface area (Å²) in [4.78, 5) is 12.8. The molecule has 1 aliphatic rings. The van der Waals surface area contributed by atoms with Crippen molar-refractivity contribution in [3.63, 3.8) is 0 Å². The van der Waals surface area contributed by atoms with E-state index in [4.69, 9.17) is 4.74 Å². The van der Waals surface area contributed by atoms with Crippen LogP contribution in [0.2, 0.25) is 0 Å². The van der Waals surface area contributed by atoms with Crippen LogP contribution < -0.4 is 14.4 Å². The molecule has 0 saturated carbocycles. The summed E-state index contributed by atoms with van der Waals surface area (Å²) in [6.07, 6.45) is 0.799. The molecule has 0 atom stereocenters. The summed E-state index contributed by atoms with van der Waals surface area (Å²) < 4.78 is 31.2. The standard InChI is InChI=1S/C22H22N2O4S/c1-28-21-11-10-18(24-12-5-13-29(24,26)27)15-20(21)23-22(25)14-17-8-4-7-16-6-2-3-9-19(16)17/h2-4,6-11,15H,5,12-14H2,1H3,(H,23,25). The number of fused-ring (bicyclic) bond motifs is 1. The Morgan fingerprint density at radius 3 is 2.66 bits per heavy atom. The molecular weight excluding hydrogens is 388 g/mol. The summed E-state index contributed by atoms with van der Waals surface area (Å²) in [7, 11) is -1.78. The third-order valence-corrected chi connectivity index (χ3v) is 6.94. The minimum atomic E-state index is -3.30. The second kappa shape index (κ2) is 7.75. The van der Waals surface area contributed by atoms with Crippen molar-refractivity contribution < 1.29 is 17.9 Å². The number of carbonyl (C=O) groups is 1. The Labute approximate surface area is 170 Å². The smallest absolute Gasteiger partial charge is 0.235 e. The lowest BCUT2D eigenvalue weighted by Gasteiger charge is -2.19. The fourth-order valence-electron chi connectivity index (χ4n) is 3.69. The third-order valence-electron chi connectivity index (χ3n) is 5.08. The molecule has 3 aromatic rings. The zero-order valence-electron chi connectivity index (χ0n) is 16.1. The number of benzene rings is 3. The monoisotopic (exact) mass is 410 g/mol. The number of amides is 1. The lowest BCUT2D eigenvalue weighted by molar-refractivity contribution is -0.115. The highest BCUT2D eigenvalue weighted by atomic mass is 32.2. The summed E-state index contributed by atoms with van der Waals surface area (Å²) in [6, 6.07) is 18.8. The normalized spacial score (nSPS) is 15.4. The molecule has 0 aliphatic carbocycles. The van der Waals surface area contributed by atoms with Gasteiger partial charge in [0.15, 0.2) is 0 Å². The van der Waals surface area contributed by atoms with E-state index in [9.17, 15) is 13.2 Å². The van der Waals surface area contributed by atoms with Gasteiger partial charge in [-0.05, 0) is 41.0 Å². The first kappa shape index (κ1) is 19.3. The molecule has 1 fully saturated rings. The van der Waals surface area contributed by atoms with Gasteiger partial charge in [0.05, 0.1) is 30.7 Å². The maximum Gasteiger partial charge on any atom is 0.235 e.